The Balaban J connectivity index is 1.82. The van der Waals surface area contributed by atoms with Crippen LogP contribution in [0.1, 0.15) is 11.1 Å². The summed E-state index contributed by atoms with van der Waals surface area (Å²) in [5.74, 6) is 0.642. The molecule has 3 rings (SSSR count). The van der Waals surface area contributed by atoms with Crippen molar-refractivity contribution in [2.24, 2.45) is 0 Å². The molecule has 2 aromatic carbocycles. The summed E-state index contributed by atoms with van der Waals surface area (Å²) in [7, 11) is 3.04. The second kappa shape index (κ2) is 9.52. The van der Waals surface area contributed by atoms with E-state index >= 15 is 0 Å². The van der Waals surface area contributed by atoms with E-state index in [1.807, 2.05) is 30.3 Å². The zero-order valence-corrected chi connectivity index (χ0v) is 16.8. The van der Waals surface area contributed by atoms with Gasteiger partial charge >= 0.3 is 5.97 Å². The zero-order valence-electron chi connectivity index (χ0n) is 16.0. The summed E-state index contributed by atoms with van der Waals surface area (Å²) in [4.78, 5) is 15.2. The van der Waals surface area contributed by atoms with Crippen molar-refractivity contribution in [3.05, 3.63) is 53.6 Å². The molecule has 0 amide bonds. The van der Waals surface area contributed by atoms with Crippen molar-refractivity contribution < 1.29 is 23.7 Å². The van der Waals surface area contributed by atoms with Crippen LogP contribution in [0.15, 0.2) is 42.5 Å². The highest BCUT2D eigenvalue weighted by atomic mass is 32.1. The van der Waals surface area contributed by atoms with Crippen molar-refractivity contribution in [2.75, 3.05) is 40.5 Å². The average molecular weight is 401 g/mol. The lowest BCUT2D eigenvalue weighted by molar-refractivity contribution is -0.133. The third kappa shape index (κ3) is 4.79. The zero-order chi connectivity index (χ0) is 19.9. The molecule has 1 saturated heterocycles. The fourth-order valence-electron chi connectivity index (χ4n) is 2.97. The predicted octanol–water partition coefficient (Wildman–Crippen LogP) is 2.86. The van der Waals surface area contributed by atoms with Gasteiger partial charge in [-0.05, 0) is 17.7 Å². The van der Waals surface area contributed by atoms with Crippen LogP contribution in [-0.2, 0) is 16.0 Å². The largest absolute Gasteiger partial charge is 0.493 e. The van der Waals surface area contributed by atoms with Gasteiger partial charge in [0, 0.05) is 18.7 Å². The molecule has 1 heterocycles. The van der Waals surface area contributed by atoms with Gasteiger partial charge in [-0.25, -0.2) is 0 Å². The number of morpholine rings is 1. The number of carbonyl (C=O) groups excluding carboxylic acids is 1. The molecule has 6 nitrogen and oxygen atoms in total. The van der Waals surface area contributed by atoms with Crippen LogP contribution in [0.5, 0.6) is 17.2 Å². The molecule has 0 unspecified atom stereocenters. The Labute approximate surface area is 170 Å². The first-order valence-electron chi connectivity index (χ1n) is 9.00. The van der Waals surface area contributed by atoms with E-state index in [2.05, 4.69) is 4.90 Å². The van der Waals surface area contributed by atoms with Crippen LogP contribution in [-0.4, -0.2) is 56.4 Å². The first kappa shape index (κ1) is 20.1. The lowest BCUT2D eigenvalue weighted by Crippen LogP contribution is -2.40. The normalized spacial score (nSPS) is 13.7. The Hall–Kier alpha value is -2.64. The maximum absolute atomic E-state index is 12.4. The van der Waals surface area contributed by atoms with E-state index < -0.39 is 5.97 Å². The summed E-state index contributed by atoms with van der Waals surface area (Å²) >= 11 is 5.62. The highest BCUT2D eigenvalue weighted by Gasteiger charge is 2.22. The van der Waals surface area contributed by atoms with Gasteiger partial charge in [0.2, 0.25) is 5.75 Å². The smallest absolute Gasteiger partial charge is 0.315 e. The Morgan fingerprint density at radius 2 is 1.68 bits per heavy atom. The van der Waals surface area contributed by atoms with Crippen molar-refractivity contribution >= 4 is 23.2 Å². The number of rotatable bonds is 6. The van der Waals surface area contributed by atoms with Gasteiger partial charge in [0.05, 0.1) is 33.9 Å². The summed E-state index contributed by atoms with van der Waals surface area (Å²) in [5, 5.41) is 0. The van der Waals surface area contributed by atoms with E-state index in [0.717, 1.165) is 24.2 Å². The molecule has 1 fully saturated rings. The predicted molar refractivity (Wildman–Crippen MR) is 109 cm³/mol. The second-order valence-electron chi connectivity index (χ2n) is 6.25. The van der Waals surface area contributed by atoms with Crippen LogP contribution in [0.2, 0.25) is 0 Å². The quantitative estimate of drug-likeness (QED) is 0.419. The second-order valence-corrected chi connectivity index (χ2v) is 6.64. The van der Waals surface area contributed by atoms with Gasteiger partial charge in [0.25, 0.3) is 0 Å². The van der Waals surface area contributed by atoms with E-state index in [0.29, 0.717) is 29.7 Å². The molecular weight excluding hydrogens is 378 g/mol. The Morgan fingerprint density at radius 3 is 2.25 bits per heavy atom. The molecular formula is C21H23NO5S. The Kier molecular flexibility index (Phi) is 6.84. The average Bonchev–Trinajstić information content (AvgIpc) is 2.74. The van der Waals surface area contributed by atoms with E-state index in [1.54, 1.807) is 12.1 Å². The molecule has 7 heteroatoms. The van der Waals surface area contributed by atoms with Gasteiger partial charge in [0.15, 0.2) is 11.5 Å². The molecule has 28 heavy (non-hydrogen) atoms. The molecule has 148 valence electrons. The molecule has 0 spiro atoms. The van der Waals surface area contributed by atoms with Gasteiger partial charge in [-0.1, -0.05) is 42.5 Å². The van der Waals surface area contributed by atoms with E-state index in [-0.39, 0.29) is 12.2 Å². The Morgan fingerprint density at radius 1 is 1.07 bits per heavy atom. The van der Waals surface area contributed by atoms with Crippen LogP contribution in [0.4, 0.5) is 0 Å². The minimum absolute atomic E-state index is 0.154. The highest BCUT2D eigenvalue weighted by molar-refractivity contribution is 7.80. The van der Waals surface area contributed by atoms with Gasteiger partial charge in [-0.15, -0.1) is 0 Å². The molecule has 0 N–H and O–H groups in total. The maximum Gasteiger partial charge on any atom is 0.315 e. The SMILES string of the molecule is COc1cc(C(=S)N2CCOCC2)cc(OC)c1OC(=O)Cc1ccccc1. The summed E-state index contributed by atoms with van der Waals surface area (Å²) in [6, 6.07) is 12.9. The lowest BCUT2D eigenvalue weighted by atomic mass is 10.1. The molecule has 1 aliphatic rings. The summed E-state index contributed by atoms with van der Waals surface area (Å²) in [6.07, 6.45) is 0.154. The van der Waals surface area contributed by atoms with Crippen molar-refractivity contribution in [3.63, 3.8) is 0 Å². The number of thiocarbonyl (C=S) groups is 1. The summed E-state index contributed by atoms with van der Waals surface area (Å²) in [5.41, 5.74) is 1.64. The highest BCUT2D eigenvalue weighted by Crippen LogP contribution is 2.39. The third-order valence-electron chi connectivity index (χ3n) is 4.41. The summed E-state index contributed by atoms with van der Waals surface area (Å²) in [6.45, 7) is 2.75. The van der Waals surface area contributed by atoms with E-state index in [9.17, 15) is 4.79 Å². The fraction of sp³-hybridized carbons (Fsp3) is 0.333. The first-order chi connectivity index (χ1) is 13.6. The standard InChI is InChI=1S/C21H23NO5S/c1-24-17-13-16(21(28)22-8-10-26-11-9-22)14-18(25-2)20(17)27-19(23)12-15-6-4-3-5-7-15/h3-7,13-14H,8-12H2,1-2H3. The van der Waals surface area contributed by atoms with Crippen LogP contribution >= 0.6 is 12.2 Å². The number of methoxy groups -OCH3 is 2. The van der Waals surface area contributed by atoms with Gasteiger partial charge in [-0.2, -0.15) is 0 Å². The van der Waals surface area contributed by atoms with Crippen molar-refractivity contribution in [2.45, 2.75) is 6.42 Å². The topological polar surface area (TPSA) is 57.2 Å². The fourth-order valence-corrected chi connectivity index (χ4v) is 3.27. The van der Waals surface area contributed by atoms with Crippen LogP contribution in [0.3, 0.4) is 0 Å². The number of nitrogens with zero attached hydrogens (tertiary/aromatic N) is 1. The van der Waals surface area contributed by atoms with E-state index in [1.165, 1.54) is 14.2 Å². The van der Waals surface area contributed by atoms with Gasteiger partial charge in [0.1, 0.15) is 4.99 Å². The number of carbonyl (C=O) groups is 1. The van der Waals surface area contributed by atoms with Crippen molar-refractivity contribution in [1.82, 2.24) is 4.90 Å². The van der Waals surface area contributed by atoms with Crippen LogP contribution < -0.4 is 14.2 Å². The van der Waals surface area contributed by atoms with E-state index in [4.69, 9.17) is 31.2 Å². The monoisotopic (exact) mass is 401 g/mol. The summed E-state index contributed by atoms with van der Waals surface area (Å²) < 4.78 is 21.9. The van der Waals surface area contributed by atoms with Crippen LogP contribution in [0.25, 0.3) is 0 Å². The van der Waals surface area contributed by atoms with Gasteiger partial charge in [-0.3, -0.25) is 4.79 Å². The molecule has 0 atom stereocenters. The molecule has 0 radical (unpaired) electrons. The molecule has 1 aliphatic heterocycles. The molecule has 0 bridgehead atoms. The lowest BCUT2D eigenvalue weighted by Gasteiger charge is -2.29. The molecule has 2 aromatic rings. The minimum Gasteiger partial charge on any atom is -0.493 e. The molecule has 0 saturated carbocycles. The van der Waals surface area contributed by atoms with Gasteiger partial charge < -0.3 is 23.8 Å². The third-order valence-corrected chi connectivity index (χ3v) is 4.91. The Bertz CT molecular complexity index is 809. The number of benzene rings is 2. The number of hydrogen-bond acceptors (Lipinski definition) is 6. The van der Waals surface area contributed by atoms with Crippen molar-refractivity contribution in [1.29, 1.82) is 0 Å². The molecule has 0 aromatic heterocycles. The maximum atomic E-state index is 12.4. The number of esters is 1. The number of ether oxygens (including phenoxy) is 4. The van der Waals surface area contributed by atoms with Crippen LogP contribution in [0, 0.1) is 0 Å². The first-order valence-corrected chi connectivity index (χ1v) is 9.41. The van der Waals surface area contributed by atoms with Crippen molar-refractivity contribution in [3.8, 4) is 17.2 Å². The minimum atomic E-state index is -0.397. The molecule has 0 aliphatic carbocycles. The number of hydrogen-bond donors (Lipinski definition) is 0.